The Labute approximate surface area is 171 Å². The number of carbonyl (C=O) groups is 3. The summed E-state index contributed by atoms with van der Waals surface area (Å²) in [5.41, 5.74) is 6.08. The molecule has 7 nitrogen and oxygen atoms in total. The summed E-state index contributed by atoms with van der Waals surface area (Å²) in [4.78, 5) is 35.0. The number of thiocarbonyl (C=S) groups is 1. The molecule has 3 N–H and O–H groups in total. The molecule has 2 amide bonds. The molecule has 1 aromatic carbocycles. The highest BCUT2D eigenvalue weighted by Crippen LogP contribution is 2.03. The van der Waals surface area contributed by atoms with E-state index in [-0.39, 0.29) is 23.9 Å². The van der Waals surface area contributed by atoms with Crippen molar-refractivity contribution < 1.29 is 19.1 Å². The molecule has 0 atom stereocenters. The van der Waals surface area contributed by atoms with Crippen LogP contribution >= 0.6 is 12.2 Å². The Hall–Kier alpha value is -2.48. The van der Waals surface area contributed by atoms with Crippen LogP contribution in [0.5, 0.6) is 0 Å². The van der Waals surface area contributed by atoms with Crippen LogP contribution in [0.2, 0.25) is 0 Å². The lowest BCUT2D eigenvalue weighted by atomic mass is 10.1. The highest BCUT2D eigenvalue weighted by atomic mass is 32.1. The van der Waals surface area contributed by atoms with E-state index in [0.717, 1.165) is 32.1 Å². The Bertz CT molecular complexity index is 638. The largest absolute Gasteiger partial charge is 0.466 e. The van der Waals surface area contributed by atoms with Gasteiger partial charge in [0.2, 0.25) is 11.8 Å². The summed E-state index contributed by atoms with van der Waals surface area (Å²) in [6.07, 6.45) is 4.71. The molecule has 0 radical (unpaired) electrons. The zero-order chi connectivity index (χ0) is 20.6. The molecule has 8 heteroatoms. The summed E-state index contributed by atoms with van der Waals surface area (Å²) in [5, 5.41) is 2.40. The molecule has 0 spiro atoms. The number of hydrogen-bond acceptors (Lipinski definition) is 5. The number of hydrazine groups is 1. The molecular weight excluding hydrogens is 378 g/mol. The first-order valence-corrected chi connectivity index (χ1v) is 10.00. The number of aryl methyl sites for hydroxylation is 1. The maximum atomic E-state index is 11.8. The minimum Gasteiger partial charge on any atom is -0.466 e. The number of benzene rings is 1. The van der Waals surface area contributed by atoms with Crippen molar-refractivity contribution in [2.45, 2.75) is 58.3 Å². The van der Waals surface area contributed by atoms with Crippen LogP contribution in [-0.2, 0) is 25.5 Å². The Morgan fingerprint density at radius 2 is 1.68 bits per heavy atom. The van der Waals surface area contributed by atoms with E-state index in [1.165, 1.54) is 5.56 Å². The lowest BCUT2D eigenvalue weighted by Gasteiger charge is -2.10. The maximum absolute atomic E-state index is 11.8. The number of nitrogens with one attached hydrogen (secondary N) is 3. The molecular formula is C20H29N3O4S. The van der Waals surface area contributed by atoms with Crippen molar-refractivity contribution >= 4 is 35.1 Å². The smallest absolute Gasteiger partial charge is 0.306 e. The van der Waals surface area contributed by atoms with Gasteiger partial charge < -0.3 is 10.1 Å². The Morgan fingerprint density at radius 3 is 2.39 bits per heavy atom. The lowest BCUT2D eigenvalue weighted by Crippen LogP contribution is -2.48. The van der Waals surface area contributed by atoms with Crippen LogP contribution in [0, 0.1) is 0 Å². The number of ether oxygens (including phenoxy) is 1. The third kappa shape index (κ3) is 12.0. The first-order chi connectivity index (χ1) is 13.5. The predicted octanol–water partition coefficient (Wildman–Crippen LogP) is 2.54. The second kappa shape index (κ2) is 14.6. The second-order valence-electron chi connectivity index (χ2n) is 6.32. The van der Waals surface area contributed by atoms with Crippen LogP contribution in [0.4, 0.5) is 0 Å². The minimum absolute atomic E-state index is 0.00919. The van der Waals surface area contributed by atoms with Gasteiger partial charge >= 0.3 is 5.97 Å². The van der Waals surface area contributed by atoms with E-state index in [0.29, 0.717) is 13.0 Å². The highest BCUT2D eigenvalue weighted by molar-refractivity contribution is 7.80. The highest BCUT2D eigenvalue weighted by Gasteiger charge is 2.10. The molecule has 0 bridgehead atoms. The van der Waals surface area contributed by atoms with Gasteiger partial charge in [-0.25, -0.2) is 0 Å². The van der Waals surface area contributed by atoms with Gasteiger partial charge in [0.25, 0.3) is 0 Å². The van der Waals surface area contributed by atoms with Crippen molar-refractivity contribution in [2.75, 3.05) is 6.61 Å². The molecule has 0 heterocycles. The predicted molar refractivity (Wildman–Crippen MR) is 111 cm³/mol. The second-order valence-corrected chi connectivity index (χ2v) is 6.73. The number of unbranched alkanes of at least 4 members (excludes halogenated alkanes) is 2. The van der Waals surface area contributed by atoms with Gasteiger partial charge in [0.1, 0.15) is 0 Å². The summed E-state index contributed by atoms with van der Waals surface area (Å²) in [6.45, 7) is 2.38. The molecule has 0 aliphatic rings. The van der Waals surface area contributed by atoms with Gasteiger partial charge in [-0.1, -0.05) is 50.1 Å². The van der Waals surface area contributed by atoms with E-state index in [1.54, 1.807) is 0 Å². The average Bonchev–Trinajstić information content (AvgIpc) is 2.69. The van der Waals surface area contributed by atoms with Crippen LogP contribution in [-0.4, -0.2) is 29.5 Å². The summed E-state index contributed by atoms with van der Waals surface area (Å²) in [7, 11) is 0. The van der Waals surface area contributed by atoms with Crippen molar-refractivity contribution in [1.82, 2.24) is 16.2 Å². The van der Waals surface area contributed by atoms with E-state index < -0.39 is 11.9 Å². The van der Waals surface area contributed by atoms with E-state index in [2.05, 4.69) is 23.1 Å². The molecule has 0 unspecified atom stereocenters. The summed E-state index contributed by atoms with van der Waals surface area (Å²) < 4.78 is 5.12. The van der Waals surface area contributed by atoms with Gasteiger partial charge in [0.15, 0.2) is 5.11 Å². The molecule has 0 fully saturated rings. The molecule has 0 saturated carbocycles. The molecule has 1 rings (SSSR count). The Balaban J connectivity index is 2.07. The zero-order valence-electron chi connectivity index (χ0n) is 16.3. The van der Waals surface area contributed by atoms with Crippen molar-refractivity contribution in [3.05, 3.63) is 35.9 Å². The van der Waals surface area contributed by atoms with Crippen molar-refractivity contribution in [2.24, 2.45) is 0 Å². The van der Waals surface area contributed by atoms with E-state index in [1.807, 2.05) is 30.3 Å². The van der Waals surface area contributed by atoms with Gasteiger partial charge in [0, 0.05) is 12.8 Å². The number of carbonyl (C=O) groups excluding carboxylic acids is 3. The Kier molecular flexibility index (Phi) is 12.3. The molecule has 0 saturated heterocycles. The van der Waals surface area contributed by atoms with Crippen LogP contribution in [0.25, 0.3) is 0 Å². The zero-order valence-corrected chi connectivity index (χ0v) is 17.1. The van der Waals surface area contributed by atoms with Gasteiger partial charge in [-0.05, 0) is 37.0 Å². The van der Waals surface area contributed by atoms with Crippen LogP contribution in [0.15, 0.2) is 30.3 Å². The monoisotopic (exact) mass is 407 g/mol. The SMILES string of the molecule is CCCCCC(=O)NNC(=S)NC(=O)CCC(=O)OCCCc1ccccc1. The van der Waals surface area contributed by atoms with Crippen LogP contribution in [0.1, 0.15) is 57.4 Å². The summed E-state index contributed by atoms with van der Waals surface area (Å²) >= 11 is 4.92. The van der Waals surface area contributed by atoms with E-state index in [4.69, 9.17) is 17.0 Å². The first kappa shape index (κ1) is 23.6. The van der Waals surface area contributed by atoms with Gasteiger partial charge in [-0.3, -0.25) is 25.2 Å². The topological polar surface area (TPSA) is 96.5 Å². The third-order valence-corrected chi connectivity index (χ3v) is 4.05. The minimum atomic E-state index is -0.425. The van der Waals surface area contributed by atoms with Gasteiger partial charge in [-0.2, -0.15) is 0 Å². The fraction of sp³-hybridized carbons (Fsp3) is 0.500. The molecule has 154 valence electrons. The molecule has 0 aromatic heterocycles. The van der Waals surface area contributed by atoms with Crippen LogP contribution < -0.4 is 16.2 Å². The number of esters is 1. The maximum Gasteiger partial charge on any atom is 0.306 e. The molecule has 0 aliphatic carbocycles. The molecule has 0 aliphatic heterocycles. The fourth-order valence-corrected chi connectivity index (χ4v) is 2.50. The molecule has 1 aromatic rings. The standard InChI is InChI=1S/C20H29N3O4S/c1-2-3-5-12-18(25)22-23-20(28)21-17(24)13-14-19(26)27-15-8-11-16-9-6-4-7-10-16/h4,6-7,9-10H,2-3,5,8,11-15H2,1H3,(H,22,25)(H2,21,23,24,28). The summed E-state index contributed by atoms with van der Waals surface area (Å²) in [5.74, 6) is -1.03. The quantitative estimate of drug-likeness (QED) is 0.226. The van der Waals surface area contributed by atoms with E-state index >= 15 is 0 Å². The normalized spacial score (nSPS) is 10.0. The van der Waals surface area contributed by atoms with Gasteiger partial charge in [0.05, 0.1) is 13.0 Å². The summed E-state index contributed by atoms with van der Waals surface area (Å²) in [6, 6.07) is 9.94. The Morgan fingerprint density at radius 1 is 0.929 bits per heavy atom. The fourth-order valence-electron chi connectivity index (χ4n) is 2.34. The number of hydrogen-bond donors (Lipinski definition) is 3. The van der Waals surface area contributed by atoms with Gasteiger partial charge in [-0.15, -0.1) is 0 Å². The lowest BCUT2D eigenvalue weighted by molar-refractivity contribution is -0.145. The van der Waals surface area contributed by atoms with Crippen LogP contribution in [0.3, 0.4) is 0 Å². The molecule has 28 heavy (non-hydrogen) atoms. The van der Waals surface area contributed by atoms with Crippen molar-refractivity contribution in [1.29, 1.82) is 0 Å². The van der Waals surface area contributed by atoms with Crippen molar-refractivity contribution in [3.8, 4) is 0 Å². The number of amides is 2. The first-order valence-electron chi connectivity index (χ1n) is 9.59. The van der Waals surface area contributed by atoms with E-state index in [9.17, 15) is 14.4 Å². The third-order valence-electron chi connectivity index (χ3n) is 3.85. The number of rotatable bonds is 11. The average molecular weight is 408 g/mol. The van der Waals surface area contributed by atoms with Crippen molar-refractivity contribution in [3.63, 3.8) is 0 Å².